The Labute approximate surface area is 143 Å². The molecule has 0 spiro atoms. The van der Waals surface area contributed by atoms with Crippen molar-refractivity contribution in [2.75, 3.05) is 26.7 Å². The maximum Gasteiger partial charge on any atom is 0.244 e. The zero-order valence-corrected chi connectivity index (χ0v) is 15.1. The largest absolute Gasteiger partial charge is 0.495 e. The molecule has 1 fully saturated rings. The van der Waals surface area contributed by atoms with E-state index in [1.807, 2.05) is 0 Å². The third-order valence-electron chi connectivity index (χ3n) is 3.91. The Morgan fingerprint density at radius 1 is 1.36 bits per heavy atom. The molecule has 126 valence electrons. The highest BCUT2D eigenvalue weighted by atomic mass is 35.5. The summed E-state index contributed by atoms with van der Waals surface area (Å²) in [5, 5.41) is 3.64. The first kappa shape index (κ1) is 19.5. The van der Waals surface area contributed by atoms with Crippen LogP contribution in [0.15, 0.2) is 23.1 Å². The molecule has 0 aliphatic carbocycles. The van der Waals surface area contributed by atoms with Gasteiger partial charge in [0.15, 0.2) is 0 Å². The Hall–Kier alpha value is -0.530. The maximum absolute atomic E-state index is 12.5. The van der Waals surface area contributed by atoms with E-state index in [0.717, 1.165) is 25.9 Å². The summed E-state index contributed by atoms with van der Waals surface area (Å²) in [5.41, 5.74) is -0.0237. The van der Waals surface area contributed by atoms with Crippen LogP contribution in [-0.2, 0) is 10.0 Å². The molecule has 5 nitrogen and oxygen atoms in total. The number of hydrogen-bond donors (Lipinski definition) is 2. The molecule has 0 aromatic heterocycles. The number of nitrogens with one attached hydrogen (secondary N) is 2. The van der Waals surface area contributed by atoms with Crippen molar-refractivity contribution in [3.05, 3.63) is 23.2 Å². The van der Waals surface area contributed by atoms with Crippen LogP contribution < -0.4 is 14.8 Å². The molecule has 0 amide bonds. The van der Waals surface area contributed by atoms with Crippen LogP contribution in [0.2, 0.25) is 5.02 Å². The lowest BCUT2D eigenvalue weighted by molar-refractivity contribution is 0.232. The fraction of sp³-hybridized carbons (Fsp3) is 0.571. The summed E-state index contributed by atoms with van der Waals surface area (Å²) in [6.45, 7) is 4.34. The Morgan fingerprint density at radius 3 is 2.59 bits per heavy atom. The van der Waals surface area contributed by atoms with Crippen LogP contribution in [0.5, 0.6) is 5.75 Å². The molecule has 0 bridgehead atoms. The van der Waals surface area contributed by atoms with Gasteiger partial charge in [0, 0.05) is 11.6 Å². The fourth-order valence-corrected chi connectivity index (χ4v) is 4.04. The van der Waals surface area contributed by atoms with Gasteiger partial charge in [0.1, 0.15) is 10.6 Å². The highest BCUT2D eigenvalue weighted by Crippen LogP contribution is 2.30. The maximum atomic E-state index is 12.5. The molecule has 1 aliphatic rings. The van der Waals surface area contributed by atoms with Gasteiger partial charge in [-0.2, -0.15) is 0 Å². The van der Waals surface area contributed by atoms with Crippen molar-refractivity contribution in [1.29, 1.82) is 0 Å². The Morgan fingerprint density at radius 2 is 2.00 bits per heavy atom. The molecule has 2 rings (SSSR count). The van der Waals surface area contributed by atoms with Crippen molar-refractivity contribution in [2.24, 2.45) is 5.41 Å². The lowest BCUT2D eigenvalue weighted by atomic mass is 9.81. The molecule has 1 saturated heterocycles. The first-order valence-electron chi connectivity index (χ1n) is 6.90. The first-order chi connectivity index (χ1) is 9.86. The molecular formula is C14H22Cl2N2O3S. The van der Waals surface area contributed by atoms with E-state index in [1.165, 1.54) is 13.2 Å². The Balaban J connectivity index is 0.00000242. The van der Waals surface area contributed by atoms with Crippen LogP contribution in [0, 0.1) is 5.41 Å². The van der Waals surface area contributed by atoms with Gasteiger partial charge in [-0.15, -0.1) is 12.4 Å². The second kappa shape index (κ2) is 7.84. The van der Waals surface area contributed by atoms with Gasteiger partial charge in [-0.05, 0) is 49.5 Å². The number of piperidine rings is 1. The average Bonchev–Trinajstić information content (AvgIpc) is 2.46. The molecule has 1 aromatic carbocycles. The van der Waals surface area contributed by atoms with E-state index in [9.17, 15) is 8.42 Å². The normalized spacial score (nSPS) is 17.6. The molecule has 0 radical (unpaired) electrons. The third-order valence-corrected chi connectivity index (χ3v) is 5.57. The van der Waals surface area contributed by atoms with E-state index in [2.05, 4.69) is 17.0 Å². The molecule has 1 aromatic rings. The summed E-state index contributed by atoms with van der Waals surface area (Å²) >= 11 is 5.90. The topological polar surface area (TPSA) is 67.4 Å². The number of methoxy groups -OCH3 is 1. The van der Waals surface area contributed by atoms with Crippen molar-refractivity contribution >= 4 is 34.0 Å². The number of benzene rings is 1. The monoisotopic (exact) mass is 368 g/mol. The predicted octanol–water partition coefficient (Wildman–Crippen LogP) is 2.44. The summed E-state index contributed by atoms with van der Waals surface area (Å²) < 4.78 is 32.8. The molecule has 1 heterocycles. The highest BCUT2D eigenvalue weighted by Gasteiger charge is 2.29. The second-order valence-electron chi connectivity index (χ2n) is 5.68. The molecule has 22 heavy (non-hydrogen) atoms. The van der Waals surface area contributed by atoms with Crippen LogP contribution >= 0.6 is 24.0 Å². The van der Waals surface area contributed by atoms with Crippen molar-refractivity contribution in [3.63, 3.8) is 0 Å². The summed E-state index contributed by atoms with van der Waals surface area (Å²) in [5.74, 6) is 0.294. The zero-order valence-electron chi connectivity index (χ0n) is 12.7. The van der Waals surface area contributed by atoms with Crippen LogP contribution in [0.25, 0.3) is 0 Å². The molecule has 0 atom stereocenters. The molecule has 0 saturated carbocycles. The average molecular weight is 369 g/mol. The molecule has 1 aliphatic heterocycles. The standard InChI is InChI=1S/C14H21ClN2O3S.ClH/c1-14(5-7-16-8-6-14)10-17-21(18,19)13-9-11(15)3-4-12(13)20-2;/h3-4,9,16-17H,5-8,10H2,1-2H3;1H. The lowest BCUT2D eigenvalue weighted by Crippen LogP contribution is -2.42. The molecule has 2 N–H and O–H groups in total. The highest BCUT2D eigenvalue weighted by molar-refractivity contribution is 7.89. The van der Waals surface area contributed by atoms with Gasteiger partial charge < -0.3 is 10.1 Å². The number of ether oxygens (including phenoxy) is 1. The van der Waals surface area contributed by atoms with Crippen LogP contribution in [0.4, 0.5) is 0 Å². The van der Waals surface area contributed by atoms with E-state index in [1.54, 1.807) is 12.1 Å². The summed E-state index contributed by atoms with van der Waals surface area (Å²) in [6.07, 6.45) is 1.89. The quantitative estimate of drug-likeness (QED) is 0.837. The van der Waals surface area contributed by atoms with Gasteiger partial charge in [0.2, 0.25) is 10.0 Å². The van der Waals surface area contributed by atoms with Crippen LogP contribution in [-0.4, -0.2) is 35.2 Å². The summed E-state index contributed by atoms with van der Waals surface area (Å²) in [4.78, 5) is 0.0787. The van der Waals surface area contributed by atoms with Crippen molar-refractivity contribution in [1.82, 2.24) is 10.0 Å². The third kappa shape index (κ3) is 4.73. The molecule has 0 unspecified atom stereocenters. The zero-order chi connectivity index (χ0) is 15.5. The Kier molecular flexibility index (Phi) is 6.95. The van der Waals surface area contributed by atoms with Gasteiger partial charge in [0.25, 0.3) is 0 Å². The van der Waals surface area contributed by atoms with Gasteiger partial charge >= 0.3 is 0 Å². The van der Waals surface area contributed by atoms with Gasteiger partial charge in [0.05, 0.1) is 7.11 Å². The molecular weight excluding hydrogens is 347 g/mol. The Bertz CT molecular complexity index is 602. The predicted molar refractivity (Wildman–Crippen MR) is 90.7 cm³/mol. The second-order valence-corrected chi connectivity index (χ2v) is 7.85. The number of sulfonamides is 1. The summed E-state index contributed by atoms with van der Waals surface area (Å²) in [7, 11) is -2.20. The van der Waals surface area contributed by atoms with Crippen LogP contribution in [0.1, 0.15) is 19.8 Å². The van der Waals surface area contributed by atoms with Gasteiger partial charge in [-0.25, -0.2) is 13.1 Å². The van der Waals surface area contributed by atoms with E-state index in [-0.39, 0.29) is 22.7 Å². The minimum Gasteiger partial charge on any atom is -0.495 e. The van der Waals surface area contributed by atoms with Crippen molar-refractivity contribution in [3.8, 4) is 5.75 Å². The minimum atomic E-state index is -3.64. The van der Waals surface area contributed by atoms with Crippen molar-refractivity contribution in [2.45, 2.75) is 24.7 Å². The summed E-state index contributed by atoms with van der Waals surface area (Å²) in [6, 6.07) is 4.57. The number of rotatable bonds is 5. The van der Waals surface area contributed by atoms with Gasteiger partial charge in [-0.3, -0.25) is 0 Å². The SMILES string of the molecule is COc1ccc(Cl)cc1S(=O)(=O)NCC1(C)CCNCC1.Cl. The smallest absolute Gasteiger partial charge is 0.244 e. The van der Waals surface area contributed by atoms with Crippen molar-refractivity contribution < 1.29 is 13.2 Å². The van der Waals surface area contributed by atoms with Crippen LogP contribution in [0.3, 0.4) is 0 Å². The lowest BCUT2D eigenvalue weighted by Gasteiger charge is -2.34. The van der Waals surface area contributed by atoms with E-state index in [0.29, 0.717) is 17.3 Å². The number of halogens is 2. The fourth-order valence-electron chi connectivity index (χ4n) is 2.41. The minimum absolute atomic E-state index is 0. The molecule has 8 heteroatoms. The van der Waals surface area contributed by atoms with E-state index in [4.69, 9.17) is 16.3 Å². The number of hydrogen-bond acceptors (Lipinski definition) is 4. The first-order valence-corrected chi connectivity index (χ1v) is 8.76. The van der Waals surface area contributed by atoms with E-state index < -0.39 is 10.0 Å². The van der Waals surface area contributed by atoms with Gasteiger partial charge in [-0.1, -0.05) is 18.5 Å². The van der Waals surface area contributed by atoms with E-state index >= 15 is 0 Å².